The molecule has 0 bridgehead atoms. The van der Waals surface area contributed by atoms with Gasteiger partial charge in [-0.25, -0.2) is 0 Å². The predicted octanol–water partition coefficient (Wildman–Crippen LogP) is 3.84. The summed E-state index contributed by atoms with van der Waals surface area (Å²) in [5.74, 6) is -0.295. The average molecular weight is 329 g/mol. The number of nitrogens with zero attached hydrogens (tertiary/aromatic N) is 1. The number of rotatable bonds is 4. The lowest BCUT2D eigenvalue weighted by Crippen LogP contribution is -2.21. The molecular weight excluding hydrogens is 306 g/mol. The van der Waals surface area contributed by atoms with E-state index in [1.807, 2.05) is 31.4 Å². The minimum Gasteiger partial charge on any atom is -0.462 e. The maximum atomic E-state index is 12.8. The molecule has 5 nitrogen and oxygen atoms in total. The molecule has 128 valence electrons. The van der Waals surface area contributed by atoms with Crippen LogP contribution in [0.5, 0.6) is 0 Å². The minimum atomic E-state index is -0.311. The third kappa shape index (κ3) is 3.03. The highest BCUT2D eigenvalue weighted by atomic mass is 16.5. The lowest BCUT2D eigenvalue weighted by Gasteiger charge is -2.17. The fourth-order valence-electron chi connectivity index (χ4n) is 3.28. The van der Waals surface area contributed by atoms with Crippen LogP contribution in [0.4, 0.5) is 0 Å². The van der Waals surface area contributed by atoms with E-state index in [4.69, 9.17) is 9.15 Å². The van der Waals surface area contributed by atoms with E-state index in [0.29, 0.717) is 11.5 Å². The lowest BCUT2D eigenvalue weighted by molar-refractivity contribution is -0.149. The van der Waals surface area contributed by atoms with Crippen LogP contribution in [0.1, 0.15) is 66.5 Å². The quantitative estimate of drug-likeness (QED) is 0.631. The van der Waals surface area contributed by atoms with Gasteiger partial charge in [0.1, 0.15) is 0 Å². The summed E-state index contributed by atoms with van der Waals surface area (Å²) in [6, 6.07) is 5.45. The summed E-state index contributed by atoms with van der Waals surface area (Å²) in [6.07, 6.45) is 4.01. The van der Waals surface area contributed by atoms with Crippen LogP contribution in [0.25, 0.3) is 0 Å². The molecule has 1 atom stereocenters. The molecule has 0 spiro atoms. The van der Waals surface area contributed by atoms with E-state index in [0.717, 1.165) is 37.1 Å². The highest BCUT2D eigenvalue weighted by Gasteiger charge is 2.30. The number of aryl methyl sites for hydroxylation is 1. The van der Waals surface area contributed by atoms with E-state index < -0.39 is 0 Å². The minimum absolute atomic E-state index is 0.137. The van der Waals surface area contributed by atoms with Crippen LogP contribution in [-0.2, 0) is 16.1 Å². The number of hydrogen-bond acceptors (Lipinski definition) is 4. The molecule has 1 unspecified atom stereocenters. The van der Waals surface area contributed by atoms with Crippen LogP contribution >= 0.6 is 0 Å². The second kappa shape index (κ2) is 6.67. The summed E-state index contributed by atoms with van der Waals surface area (Å²) in [4.78, 5) is 25.2. The van der Waals surface area contributed by atoms with Crippen molar-refractivity contribution in [3.8, 4) is 0 Å². The Morgan fingerprint density at radius 3 is 2.71 bits per heavy atom. The molecular formula is C19H23NO4. The Bertz CT molecular complexity index is 753. The number of aromatic nitrogens is 1. The first-order chi connectivity index (χ1) is 11.5. The van der Waals surface area contributed by atoms with Crippen molar-refractivity contribution in [1.82, 2.24) is 4.57 Å². The van der Waals surface area contributed by atoms with Gasteiger partial charge in [-0.15, -0.1) is 0 Å². The molecule has 2 aromatic heterocycles. The summed E-state index contributed by atoms with van der Waals surface area (Å²) in [5, 5.41) is 0. The Labute approximate surface area is 141 Å². The van der Waals surface area contributed by atoms with Gasteiger partial charge in [0, 0.05) is 12.2 Å². The number of carbonyl (C=O) groups is 2. The number of furan rings is 1. The van der Waals surface area contributed by atoms with Crippen molar-refractivity contribution in [2.75, 3.05) is 0 Å². The number of hydrogen-bond donors (Lipinski definition) is 0. The Morgan fingerprint density at radius 1 is 1.25 bits per heavy atom. The van der Waals surface area contributed by atoms with Crippen molar-refractivity contribution in [2.24, 2.45) is 0 Å². The van der Waals surface area contributed by atoms with E-state index >= 15 is 0 Å². The highest BCUT2D eigenvalue weighted by molar-refractivity contribution is 6.07. The standard InChI is InChI=1S/C19H23NO4/c1-12(2)24-19(22)14-6-4-5-10-20-15(14)7-8-16(20)17(21)18-13(3)9-11-23-18/h7-9,11-12,14H,4-6,10H2,1-3H3. The van der Waals surface area contributed by atoms with E-state index in [-0.39, 0.29) is 23.8 Å². The molecule has 1 aliphatic rings. The Kier molecular flexibility index (Phi) is 4.60. The van der Waals surface area contributed by atoms with Crippen LogP contribution in [0, 0.1) is 6.92 Å². The van der Waals surface area contributed by atoms with Gasteiger partial charge in [0.15, 0.2) is 5.76 Å². The van der Waals surface area contributed by atoms with Crippen molar-refractivity contribution in [3.63, 3.8) is 0 Å². The first kappa shape index (κ1) is 16.6. The second-order valence-corrected chi connectivity index (χ2v) is 6.59. The maximum Gasteiger partial charge on any atom is 0.315 e. The molecule has 0 aromatic carbocycles. The molecule has 0 radical (unpaired) electrons. The average Bonchev–Trinajstić information content (AvgIpc) is 3.07. The molecule has 3 heterocycles. The van der Waals surface area contributed by atoms with Gasteiger partial charge in [0.25, 0.3) is 0 Å². The van der Waals surface area contributed by atoms with Gasteiger partial charge in [-0.1, -0.05) is 6.42 Å². The third-order valence-electron chi connectivity index (χ3n) is 4.43. The molecule has 0 N–H and O–H groups in total. The van der Waals surface area contributed by atoms with Crippen molar-refractivity contribution in [1.29, 1.82) is 0 Å². The van der Waals surface area contributed by atoms with Crippen LogP contribution < -0.4 is 0 Å². The number of ketones is 1. The Morgan fingerprint density at radius 2 is 2.04 bits per heavy atom. The first-order valence-corrected chi connectivity index (χ1v) is 8.47. The molecule has 3 rings (SSSR count). The van der Waals surface area contributed by atoms with E-state index in [1.165, 1.54) is 6.26 Å². The molecule has 24 heavy (non-hydrogen) atoms. The lowest BCUT2D eigenvalue weighted by atomic mass is 10.00. The summed E-state index contributed by atoms with van der Waals surface area (Å²) < 4.78 is 12.7. The molecule has 5 heteroatoms. The summed E-state index contributed by atoms with van der Waals surface area (Å²) in [6.45, 7) is 6.28. The summed E-state index contributed by atoms with van der Waals surface area (Å²) in [5.41, 5.74) is 2.26. The van der Waals surface area contributed by atoms with Crippen molar-refractivity contribution in [3.05, 3.63) is 47.2 Å². The monoisotopic (exact) mass is 329 g/mol. The van der Waals surface area contributed by atoms with Gasteiger partial charge in [-0.05, 0) is 57.4 Å². The van der Waals surface area contributed by atoms with E-state index in [1.54, 1.807) is 12.1 Å². The number of esters is 1. The summed E-state index contributed by atoms with van der Waals surface area (Å²) in [7, 11) is 0. The van der Waals surface area contributed by atoms with Crippen LogP contribution in [0.15, 0.2) is 28.9 Å². The van der Waals surface area contributed by atoms with Crippen molar-refractivity contribution in [2.45, 2.75) is 58.6 Å². The number of ether oxygens (including phenoxy) is 1. The van der Waals surface area contributed by atoms with Gasteiger partial charge in [-0.3, -0.25) is 9.59 Å². The van der Waals surface area contributed by atoms with Gasteiger partial charge < -0.3 is 13.7 Å². The fraction of sp³-hybridized carbons (Fsp3) is 0.474. The second-order valence-electron chi connectivity index (χ2n) is 6.59. The molecule has 2 aromatic rings. The fourth-order valence-corrected chi connectivity index (χ4v) is 3.28. The Hall–Kier alpha value is -2.30. The molecule has 0 saturated carbocycles. The van der Waals surface area contributed by atoms with Crippen molar-refractivity contribution < 1.29 is 18.7 Å². The number of carbonyl (C=O) groups excluding carboxylic acids is 2. The van der Waals surface area contributed by atoms with Crippen molar-refractivity contribution >= 4 is 11.8 Å². The molecule has 0 aliphatic carbocycles. The summed E-state index contributed by atoms with van der Waals surface area (Å²) >= 11 is 0. The van der Waals surface area contributed by atoms with Gasteiger partial charge >= 0.3 is 5.97 Å². The van der Waals surface area contributed by atoms with Gasteiger partial charge in [0.05, 0.1) is 24.0 Å². The van der Waals surface area contributed by atoms with Crippen LogP contribution in [0.3, 0.4) is 0 Å². The van der Waals surface area contributed by atoms with E-state index in [9.17, 15) is 9.59 Å². The van der Waals surface area contributed by atoms with Crippen LogP contribution in [0.2, 0.25) is 0 Å². The first-order valence-electron chi connectivity index (χ1n) is 8.47. The highest BCUT2D eigenvalue weighted by Crippen LogP contribution is 2.31. The SMILES string of the molecule is Cc1ccoc1C(=O)c1ccc2n1CCCCC2C(=O)OC(C)C. The largest absolute Gasteiger partial charge is 0.462 e. The molecule has 1 aliphatic heterocycles. The normalized spacial score (nSPS) is 17.4. The molecule has 0 amide bonds. The zero-order valence-corrected chi connectivity index (χ0v) is 14.4. The third-order valence-corrected chi connectivity index (χ3v) is 4.43. The number of fused-ring (bicyclic) bond motifs is 1. The van der Waals surface area contributed by atoms with E-state index in [2.05, 4.69) is 0 Å². The van der Waals surface area contributed by atoms with Crippen LogP contribution in [-0.4, -0.2) is 22.4 Å². The molecule has 0 fully saturated rings. The smallest absolute Gasteiger partial charge is 0.315 e. The van der Waals surface area contributed by atoms with Gasteiger partial charge in [-0.2, -0.15) is 0 Å². The van der Waals surface area contributed by atoms with Gasteiger partial charge in [0.2, 0.25) is 5.78 Å². The Balaban J connectivity index is 1.96. The predicted molar refractivity (Wildman–Crippen MR) is 89.1 cm³/mol. The zero-order chi connectivity index (χ0) is 17.3. The maximum absolute atomic E-state index is 12.8. The zero-order valence-electron chi connectivity index (χ0n) is 14.4. The topological polar surface area (TPSA) is 61.4 Å². The molecule has 0 saturated heterocycles.